The zero-order valence-electron chi connectivity index (χ0n) is 9.29. The van der Waals surface area contributed by atoms with Gasteiger partial charge in [0.15, 0.2) is 0 Å². The Labute approximate surface area is 95.2 Å². The molecule has 0 bridgehead atoms. The second kappa shape index (κ2) is 5.52. The van der Waals surface area contributed by atoms with Gasteiger partial charge in [0.2, 0.25) is 0 Å². The first kappa shape index (κ1) is 12.5. The van der Waals surface area contributed by atoms with Gasteiger partial charge in [0, 0.05) is 17.2 Å². The number of hydrogen-bond donors (Lipinski definition) is 1. The van der Waals surface area contributed by atoms with Crippen LogP contribution in [0.15, 0.2) is 29.2 Å². The van der Waals surface area contributed by atoms with Crippen LogP contribution in [0.3, 0.4) is 0 Å². The summed E-state index contributed by atoms with van der Waals surface area (Å²) in [5.41, 5.74) is 5.57. The van der Waals surface area contributed by atoms with E-state index in [1.165, 1.54) is 4.90 Å². The van der Waals surface area contributed by atoms with Gasteiger partial charge in [-0.15, -0.1) is 11.8 Å². The third kappa shape index (κ3) is 5.19. The second-order valence-electron chi connectivity index (χ2n) is 4.17. The van der Waals surface area contributed by atoms with Crippen LogP contribution in [0.1, 0.15) is 25.8 Å². The van der Waals surface area contributed by atoms with Crippen LogP contribution in [0.2, 0.25) is 0 Å². The number of rotatable bonds is 5. The molecule has 2 N–H and O–H groups in total. The quantitative estimate of drug-likeness (QED) is 0.780. The van der Waals surface area contributed by atoms with Crippen LogP contribution in [-0.4, -0.2) is 11.4 Å². The molecule has 0 fully saturated rings. The van der Waals surface area contributed by atoms with E-state index in [0.29, 0.717) is 13.0 Å². The summed E-state index contributed by atoms with van der Waals surface area (Å²) in [7, 11) is 0. The molecule has 0 saturated heterocycles. The van der Waals surface area contributed by atoms with Gasteiger partial charge in [-0.05, 0) is 38.0 Å². The van der Waals surface area contributed by atoms with E-state index >= 15 is 0 Å². The van der Waals surface area contributed by atoms with Crippen LogP contribution < -0.4 is 5.73 Å². The molecule has 1 aromatic carbocycles. The fourth-order valence-corrected chi connectivity index (χ4v) is 2.29. The van der Waals surface area contributed by atoms with Crippen molar-refractivity contribution in [1.82, 2.24) is 0 Å². The van der Waals surface area contributed by atoms with Gasteiger partial charge in [-0.25, -0.2) is 4.39 Å². The molecule has 0 aromatic heterocycles. The lowest BCUT2D eigenvalue weighted by Gasteiger charge is -2.12. The average Bonchev–Trinajstić information content (AvgIpc) is 2.17. The van der Waals surface area contributed by atoms with Crippen molar-refractivity contribution in [2.24, 2.45) is 5.73 Å². The average molecular weight is 227 g/mol. The van der Waals surface area contributed by atoms with Crippen LogP contribution >= 0.6 is 11.8 Å². The van der Waals surface area contributed by atoms with Crippen LogP contribution in [-0.2, 0) is 6.54 Å². The summed E-state index contributed by atoms with van der Waals surface area (Å²) in [6, 6.07) is 8.11. The largest absolute Gasteiger partial charge is 0.326 e. The van der Waals surface area contributed by atoms with Crippen molar-refractivity contribution in [1.29, 1.82) is 0 Å². The molecule has 1 aromatic rings. The molecule has 84 valence electrons. The fourth-order valence-electron chi connectivity index (χ4n) is 1.13. The van der Waals surface area contributed by atoms with E-state index in [4.69, 9.17) is 5.73 Å². The SMILES string of the molecule is CC(C)(F)CCSc1ccc(CN)cc1. The highest BCUT2D eigenvalue weighted by molar-refractivity contribution is 7.99. The predicted molar refractivity (Wildman–Crippen MR) is 64.9 cm³/mol. The Morgan fingerprint density at radius 3 is 2.33 bits per heavy atom. The highest BCUT2D eigenvalue weighted by atomic mass is 32.2. The molecule has 15 heavy (non-hydrogen) atoms. The summed E-state index contributed by atoms with van der Waals surface area (Å²) < 4.78 is 13.2. The zero-order valence-corrected chi connectivity index (χ0v) is 10.1. The Morgan fingerprint density at radius 2 is 1.87 bits per heavy atom. The highest BCUT2D eigenvalue weighted by Crippen LogP contribution is 2.23. The van der Waals surface area contributed by atoms with Crippen molar-refractivity contribution in [2.45, 2.75) is 37.4 Å². The Bertz CT molecular complexity index is 289. The summed E-state index contributed by atoms with van der Waals surface area (Å²) in [6.07, 6.45) is 0.580. The first-order chi connectivity index (χ1) is 7.01. The topological polar surface area (TPSA) is 26.0 Å². The minimum atomic E-state index is -1.07. The lowest BCUT2D eigenvalue weighted by Crippen LogP contribution is -2.12. The minimum Gasteiger partial charge on any atom is -0.326 e. The lowest BCUT2D eigenvalue weighted by atomic mass is 10.1. The van der Waals surface area contributed by atoms with Gasteiger partial charge in [-0.2, -0.15) is 0 Å². The number of nitrogens with two attached hydrogens (primary N) is 1. The van der Waals surface area contributed by atoms with Gasteiger partial charge < -0.3 is 5.73 Å². The van der Waals surface area contributed by atoms with E-state index < -0.39 is 5.67 Å². The Kier molecular flexibility index (Phi) is 4.61. The molecule has 0 atom stereocenters. The number of hydrogen-bond acceptors (Lipinski definition) is 2. The zero-order chi connectivity index (χ0) is 11.3. The number of alkyl halides is 1. The standard InChI is InChI=1S/C12H18FNS/c1-12(2,13)7-8-15-11-5-3-10(9-14)4-6-11/h3-6H,7-9,14H2,1-2H3. The van der Waals surface area contributed by atoms with Crippen molar-refractivity contribution in [3.63, 3.8) is 0 Å². The molecule has 0 radical (unpaired) electrons. The van der Waals surface area contributed by atoms with Crippen molar-refractivity contribution < 1.29 is 4.39 Å². The third-order valence-corrected chi connectivity index (χ3v) is 3.14. The molecular weight excluding hydrogens is 209 g/mol. The maximum Gasteiger partial charge on any atom is 0.106 e. The van der Waals surface area contributed by atoms with E-state index in [9.17, 15) is 4.39 Å². The number of benzene rings is 1. The number of thioether (sulfide) groups is 1. The van der Waals surface area contributed by atoms with Crippen LogP contribution in [0.5, 0.6) is 0 Å². The molecule has 3 heteroatoms. The molecule has 0 unspecified atom stereocenters. The number of halogens is 1. The van der Waals surface area contributed by atoms with Crippen LogP contribution in [0.4, 0.5) is 4.39 Å². The van der Waals surface area contributed by atoms with Crippen molar-refractivity contribution in [3.05, 3.63) is 29.8 Å². The van der Waals surface area contributed by atoms with Crippen molar-refractivity contribution >= 4 is 11.8 Å². The molecule has 0 aliphatic heterocycles. The monoisotopic (exact) mass is 227 g/mol. The highest BCUT2D eigenvalue weighted by Gasteiger charge is 2.14. The van der Waals surface area contributed by atoms with Gasteiger partial charge >= 0.3 is 0 Å². The minimum absolute atomic E-state index is 0.572. The summed E-state index contributed by atoms with van der Waals surface area (Å²) in [5.74, 6) is 0.811. The predicted octanol–water partition coefficient (Wildman–Crippen LogP) is 3.38. The van der Waals surface area contributed by atoms with Crippen LogP contribution in [0.25, 0.3) is 0 Å². The normalized spacial score (nSPS) is 11.7. The summed E-state index contributed by atoms with van der Waals surface area (Å²) in [5, 5.41) is 0. The summed E-state index contributed by atoms with van der Waals surface area (Å²) in [4.78, 5) is 1.18. The molecule has 0 amide bonds. The molecule has 0 heterocycles. The molecular formula is C12H18FNS. The van der Waals surface area contributed by atoms with Gasteiger partial charge in [0.05, 0.1) is 0 Å². The second-order valence-corrected chi connectivity index (χ2v) is 5.33. The van der Waals surface area contributed by atoms with E-state index in [1.54, 1.807) is 25.6 Å². The summed E-state index contributed by atoms with van der Waals surface area (Å²) in [6.45, 7) is 3.80. The molecule has 1 nitrogen and oxygen atoms in total. The van der Waals surface area contributed by atoms with Gasteiger partial charge in [-0.3, -0.25) is 0 Å². The third-order valence-electron chi connectivity index (χ3n) is 2.12. The summed E-state index contributed by atoms with van der Waals surface area (Å²) >= 11 is 1.69. The Hall–Kier alpha value is -0.540. The Morgan fingerprint density at radius 1 is 1.27 bits per heavy atom. The maximum atomic E-state index is 13.2. The van der Waals surface area contributed by atoms with Crippen molar-refractivity contribution in [3.8, 4) is 0 Å². The van der Waals surface area contributed by atoms with Gasteiger partial charge in [-0.1, -0.05) is 12.1 Å². The molecule has 0 saturated carbocycles. The van der Waals surface area contributed by atoms with Crippen LogP contribution in [0, 0.1) is 0 Å². The Balaban J connectivity index is 2.38. The van der Waals surface area contributed by atoms with E-state index in [2.05, 4.69) is 0 Å². The lowest BCUT2D eigenvalue weighted by molar-refractivity contribution is 0.212. The van der Waals surface area contributed by atoms with Crippen molar-refractivity contribution in [2.75, 3.05) is 5.75 Å². The fraction of sp³-hybridized carbons (Fsp3) is 0.500. The van der Waals surface area contributed by atoms with Gasteiger partial charge in [0.25, 0.3) is 0 Å². The van der Waals surface area contributed by atoms with Gasteiger partial charge in [0.1, 0.15) is 5.67 Å². The van der Waals surface area contributed by atoms with E-state index in [0.717, 1.165) is 11.3 Å². The smallest absolute Gasteiger partial charge is 0.106 e. The van der Waals surface area contributed by atoms with E-state index in [1.807, 2.05) is 24.3 Å². The molecule has 0 spiro atoms. The first-order valence-corrected chi connectivity index (χ1v) is 6.10. The maximum absolute atomic E-state index is 13.2. The molecule has 1 rings (SSSR count). The first-order valence-electron chi connectivity index (χ1n) is 5.12. The molecule has 0 aliphatic rings. The molecule has 0 aliphatic carbocycles. The van der Waals surface area contributed by atoms with E-state index in [-0.39, 0.29) is 0 Å².